The molecule has 1 N–H and O–H groups in total. The van der Waals surface area contributed by atoms with Gasteiger partial charge in [-0.05, 0) is 50.1 Å². The van der Waals surface area contributed by atoms with E-state index in [9.17, 15) is 0 Å². The highest BCUT2D eigenvalue weighted by molar-refractivity contribution is 5.91. The van der Waals surface area contributed by atoms with Gasteiger partial charge in [0.25, 0.3) is 0 Å². The van der Waals surface area contributed by atoms with Gasteiger partial charge in [-0.15, -0.1) is 6.58 Å². The third-order valence-corrected chi connectivity index (χ3v) is 4.99. The smallest absolute Gasteiger partial charge is 0.228 e. The topological polar surface area (TPSA) is 39.7 Å². The number of nitrogens with one attached hydrogen (secondary N) is 1. The Morgan fingerprint density at radius 1 is 1.22 bits per heavy atom. The van der Waals surface area contributed by atoms with Crippen LogP contribution in [0.15, 0.2) is 49.1 Å². The Balaban J connectivity index is 1.98. The van der Waals surface area contributed by atoms with Crippen LogP contribution in [0.25, 0.3) is 16.7 Å². The van der Waals surface area contributed by atoms with Crippen molar-refractivity contribution >= 4 is 11.3 Å². The lowest BCUT2D eigenvalue weighted by Crippen LogP contribution is -2.32. The van der Waals surface area contributed by atoms with Gasteiger partial charge in [0, 0.05) is 16.8 Å². The molecule has 1 atom stereocenters. The van der Waals surface area contributed by atoms with E-state index in [4.69, 9.17) is 14.2 Å². The maximum absolute atomic E-state index is 6.26. The first kappa shape index (κ1) is 17.7. The number of anilines is 1. The normalized spacial score (nSPS) is 18.8. The van der Waals surface area contributed by atoms with E-state index in [1.54, 1.807) is 13.2 Å². The minimum atomic E-state index is -0.501. The summed E-state index contributed by atoms with van der Waals surface area (Å²) >= 11 is 0. The molecular formula is C23H25NO3. The summed E-state index contributed by atoms with van der Waals surface area (Å²) in [6, 6.07) is 10.1. The molecule has 0 aromatic heterocycles. The van der Waals surface area contributed by atoms with Crippen molar-refractivity contribution < 1.29 is 14.2 Å². The first-order valence-corrected chi connectivity index (χ1v) is 9.16. The quantitative estimate of drug-likeness (QED) is 0.722. The highest BCUT2D eigenvalue weighted by Gasteiger charge is 2.35. The highest BCUT2D eigenvalue weighted by atomic mass is 16.7. The van der Waals surface area contributed by atoms with Crippen molar-refractivity contribution in [2.45, 2.75) is 32.6 Å². The Morgan fingerprint density at radius 2 is 2.04 bits per heavy atom. The standard InChI is InChI=1S/C23H25NO3/c1-6-12-26-22-21-15(20-17(25-5)8-7-9-18(20)27-22)10-11-16-19(21)14(2)13-23(3,4)24-16/h6-11,13,22,24H,1,12H2,2-5H3/t22-/m0/s1. The molecule has 140 valence electrons. The van der Waals surface area contributed by atoms with Crippen molar-refractivity contribution in [1.29, 1.82) is 0 Å². The van der Waals surface area contributed by atoms with Gasteiger partial charge in [0.1, 0.15) is 11.5 Å². The van der Waals surface area contributed by atoms with Gasteiger partial charge in [-0.25, -0.2) is 0 Å². The van der Waals surface area contributed by atoms with Crippen LogP contribution in [0, 0.1) is 0 Å². The Labute approximate surface area is 160 Å². The van der Waals surface area contributed by atoms with E-state index >= 15 is 0 Å². The number of methoxy groups -OCH3 is 1. The van der Waals surface area contributed by atoms with Gasteiger partial charge >= 0.3 is 0 Å². The number of hydrogen-bond acceptors (Lipinski definition) is 4. The molecule has 27 heavy (non-hydrogen) atoms. The van der Waals surface area contributed by atoms with Crippen LogP contribution in [0.4, 0.5) is 5.69 Å². The molecule has 0 aliphatic carbocycles. The predicted octanol–water partition coefficient (Wildman–Crippen LogP) is 5.56. The molecule has 0 saturated carbocycles. The van der Waals surface area contributed by atoms with Gasteiger partial charge in [-0.2, -0.15) is 0 Å². The zero-order valence-corrected chi connectivity index (χ0v) is 16.3. The number of ether oxygens (including phenoxy) is 3. The second kappa shape index (κ2) is 6.46. The van der Waals surface area contributed by atoms with Crippen LogP contribution in [0.2, 0.25) is 0 Å². The van der Waals surface area contributed by atoms with Crippen molar-refractivity contribution in [3.8, 4) is 22.6 Å². The average molecular weight is 363 g/mol. The Hall–Kier alpha value is -2.72. The molecular weight excluding hydrogens is 338 g/mol. The third kappa shape index (κ3) is 2.90. The second-order valence-corrected chi connectivity index (χ2v) is 7.53. The van der Waals surface area contributed by atoms with E-state index < -0.39 is 6.29 Å². The Bertz CT molecular complexity index is 943. The van der Waals surface area contributed by atoms with E-state index in [0.29, 0.717) is 6.61 Å². The second-order valence-electron chi connectivity index (χ2n) is 7.53. The van der Waals surface area contributed by atoms with Crippen molar-refractivity contribution in [3.63, 3.8) is 0 Å². The summed E-state index contributed by atoms with van der Waals surface area (Å²) in [4.78, 5) is 0. The maximum Gasteiger partial charge on any atom is 0.228 e. The van der Waals surface area contributed by atoms with Crippen LogP contribution in [0.5, 0.6) is 11.5 Å². The van der Waals surface area contributed by atoms with Gasteiger partial charge in [-0.3, -0.25) is 0 Å². The van der Waals surface area contributed by atoms with Gasteiger partial charge in [-0.1, -0.05) is 24.3 Å². The minimum absolute atomic E-state index is 0.103. The summed E-state index contributed by atoms with van der Waals surface area (Å²) in [5.74, 6) is 1.56. The van der Waals surface area contributed by atoms with Gasteiger partial charge in [0.2, 0.25) is 6.29 Å². The number of rotatable bonds is 4. The van der Waals surface area contributed by atoms with E-state index in [2.05, 4.69) is 50.9 Å². The molecule has 0 unspecified atom stereocenters. The molecule has 0 saturated heterocycles. The summed E-state index contributed by atoms with van der Waals surface area (Å²) in [5.41, 5.74) is 6.41. The van der Waals surface area contributed by atoms with Crippen molar-refractivity contribution in [3.05, 3.63) is 60.2 Å². The molecule has 4 rings (SSSR count). The summed E-state index contributed by atoms with van der Waals surface area (Å²) < 4.78 is 17.9. The molecule has 4 heteroatoms. The largest absolute Gasteiger partial charge is 0.496 e. The molecule has 2 aliphatic heterocycles. The molecule has 2 heterocycles. The fourth-order valence-corrected chi connectivity index (χ4v) is 4.10. The molecule has 0 fully saturated rings. The lowest BCUT2D eigenvalue weighted by Gasteiger charge is -2.37. The molecule has 4 nitrogen and oxygen atoms in total. The molecule has 0 radical (unpaired) electrons. The summed E-state index contributed by atoms with van der Waals surface area (Å²) in [6.07, 6.45) is 3.49. The van der Waals surface area contributed by atoms with Crippen LogP contribution in [0.3, 0.4) is 0 Å². The number of allylic oxidation sites excluding steroid dienone is 1. The number of fused-ring (bicyclic) bond motifs is 5. The van der Waals surface area contributed by atoms with Crippen LogP contribution in [0.1, 0.15) is 38.2 Å². The van der Waals surface area contributed by atoms with E-state index in [1.165, 1.54) is 5.57 Å². The Kier molecular flexibility index (Phi) is 4.23. The van der Waals surface area contributed by atoms with Gasteiger partial charge in [0.05, 0.1) is 24.8 Å². The molecule has 2 aromatic carbocycles. The van der Waals surface area contributed by atoms with E-state index in [1.807, 2.05) is 18.2 Å². The summed E-state index contributed by atoms with van der Waals surface area (Å²) in [6.45, 7) is 10.7. The minimum Gasteiger partial charge on any atom is -0.496 e. The zero-order chi connectivity index (χ0) is 19.2. The predicted molar refractivity (Wildman–Crippen MR) is 109 cm³/mol. The monoisotopic (exact) mass is 363 g/mol. The van der Waals surface area contributed by atoms with Crippen molar-refractivity contribution in [2.24, 2.45) is 0 Å². The lowest BCUT2D eigenvalue weighted by atomic mass is 9.83. The van der Waals surface area contributed by atoms with Gasteiger partial charge in [0.15, 0.2) is 0 Å². The number of hydrogen-bond donors (Lipinski definition) is 1. The van der Waals surface area contributed by atoms with Crippen LogP contribution in [-0.4, -0.2) is 19.3 Å². The molecule has 0 amide bonds. The lowest BCUT2D eigenvalue weighted by molar-refractivity contribution is -0.0740. The van der Waals surface area contributed by atoms with E-state index in [-0.39, 0.29) is 5.54 Å². The molecule has 0 bridgehead atoms. The molecule has 2 aromatic rings. The number of benzene rings is 2. The third-order valence-electron chi connectivity index (χ3n) is 4.99. The highest BCUT2D eigenvalue weighted by Crippen LogP contribution is 2.52. The molecule has 2 aliphatic rings. The fraction of sp³-hybridized carbons (Fsp3) is 0.304. The van der Waals surface area contributed by atoms with Crippen molar-refractivity contribution in [2.75, 3.05) is 19.0 Å². The average Bonchev–Trinajstić information content (AvgIpc) is 2.63. The first-order chi connectivity index (χ1) is 12.9. The maximum atomic E-state index is 6.26. The Morgan fingerprint density at radius 3 is 2.78 bits per heavy atom. The SMILES string of the molecule is C=CCO[C@H]1Oc2cccc(OC)c2-c2ccc3c(c21)C(C)=CC(C)(C)N3. The first-order valence-electron chi connectivity index (χ1n) is 9.16. The fourth-order valence-electron chi connectivity index (χ4n) is 4.10. The summed E-state index contributed by atoms with van der Waals surface area (Å²) in [7, 11) is 1.68. The van der Waals surface area contributed by atoms with Crippen LogP contribution >= 0.6 is 0 Å². The van der Waals surface area contributed by atoms with Crippen molar-refractivity contribution in [1.82, 2.24) is 0 Å². The van der Waals surface area contributed by atoms with Gasteiger partial charge < -0.3 is 19.5 Å². The zero-order valence-electron chi connectivity index (χ0n) is 16.3. The summed E-state index contributed by atoms with van der Waals surface area (Å²) in [5, 5.41) is 3.61. The molecule has 0 spiro atoms. The van der Waals surface area contributed by atoms with Crippen LogP contribution in [-0.2, 0) is 4.74 Å². The van der Waals surface area contributed by atoms with Crippen LogP contribution < -0.4 is 14.8 Å². The van der Waals surface area contributed by atoms with E-state index in [0.717, 1.165) is 39.4 Å².